The van der Waals surface area contributed by atoms with Crippen LogP contribution in [0.1, 0.15) is 42.5 Å². The van der Waals surface area contributed by atoms with Crippen molar-refractivity contribution in [2.24, 2.45) is 10.9 Å². The van der Waals surface area contributed by atoms with Gasteiger partial charge in [-0.15, -0.1) is 11.3 Å². The third-order valence-corrected chi connectivity index (χ3v) is 5.32. The first kappa shape index (κ1) is 17.8. The van der Waals surface area contributed by atoms with Gasteiger partial charge in [0, 0.05) is 31.4 Å². The summed E-state index contributed by atoms with van der Waals surface area (Å²) in [7, 11) is 1.76. The van der Waals surface area contributed by atoms with Crippen LogP contribution in [0.4, 0.5) is 0 Å². The quantitative estimate of drug-likeness (QED) is 0.407. The van der Waals surface area contributed by atoms with Gasteiger partial charge in [0.05, 0.1) is 6.54 Å². The van der Waals surface area contributed by atoms with E-state index in [1.165, 1.54) is 36.1 Å². The van der Waals surface area contributed by atoms with Crippen LogP contribution in [0.15, 0.2) is 16.4 Å². The molecule has 1 aliphatic carbocycles. The number of amides is 1. The van der Waals surface area contributed by atoms with Gasteiger partial charge in [0.2, 0.25) is 5.91 Å². The Bertz CT molecular complexity index is 520. The zero-order chi connectivity index (χ0) is 16.5. The number of nitrogens with one attached hydrogen (secondary N) is 3. The van der Waals surface area contributed by atoms with E-state index in [0.717, 1.165) is 12.5 Å². The highest BCUT2D eigenvalue weighted by Crippen LogP contribution is 2.27. The number of guanidine groups is 1. The molecule has 128 valence electrons. The molecule has 1 fully saturated rings. The van der Waals surface area contributed by atoms with Gasteiger partial charge < -0.3 is 16.0 Å². The molecule has 0 unspecified atom stereocenters. The van der Waals surface area contributed by atoms with Crippen LogP contribution in [0.25, 0.3) is 0 Å². The lowest BCUT2D eigenvalue weighted by Gasteiger charge is -2.13. The van der Waals surface area contributed by atoms with Crippen molar-refractivity contribution in [2.45, 2.75) is 45.6 Å². The highest BCUT2D eigenvalue weighted by molar-refractivity contribution is 7.10. The maximum Gasteiger partial charge on any atom is 0.220 e. The third kappa shape index (κ3) is 6.22. The Labute approximate surface area is 143 Å². The number of hydrogen-bond acceptors (Lipinski definition) is 3. The van der Waals surface area contributed by atoms with E-state index in [9.17, 15) is 4.79 Å². The smallest absolute Gasteiger partial charge is 0.220 e. The van der Waals surface area contributed by atoms with E-state index in [4.69, 9.17) is 0 Å². The Hall–Kier alpha value is -1.56. The lowest BCUT2D eigenvalue weighted by molar-refractivity contribution is -0.121. The second-order valence-electron chi connectivity index (χ2n) is 6.08. The van der Waals surface area contributed by atoms with E-state index in [2.05, 4.69) is 39.3 Å². The van der Waals surface area contributed by atoms with Gasteiger partial charge in [-0.05, 0) is 42.7 Å². The minimum Gasteiger partial charge on any atom is -0.355 e. The maximum atomic E-state index is 11.8. The van der Waals surface area contributed by atoms with Gasteiger partial charge in [0.25, 0.3) is 0 Å². The topological polar surface area (TPSA) is 65.5 Å². The molecule has 1 heterocycles. The van der Waals surface area contributed by atoms with Crippen molar-refractivity contribution in [2.75, 3.05) is 20.1 Å². The summed E-state index contributed by atoms with van der Waals surface area (Å²) in [6.45, 7) is 4.20. The predicted octanol–water partition coefficient (Wildman–Crippen LogP) is 2.42. The molecule has 1 aromatic heterocycles. The zero-order valence-electron chi connectivity index (χ0n) is 14.2. The summed E-state index contributed by atoms with van der Waals surface area (Å²) in [4.78, 5) is 17.4. The van der Waals surface area contributed by atoms with Crippen molar-refractivity contribution >= 4 is 23.2 Å². The molecule has 3 N–H and O–H groups in total. The minimum atomic E-state index is 0.177. The van der Waals surface area contributed by atoms with E-state index in [1.807, 2.05) is 0 Å². The van der Waals surface area contributed by atoms with Gasteiger partial charge in [0.15, 0.2) is 5.96 Å². The van der Waals surface area contributed by atoms with Crippen molar-refractivity contribution in [1.82, 2.24) is 16.0 Å². The van der Waals surface area contributed by atoms with Gasteiger partial charge in [-0.3, -0.25) is 9.79 Å². The molecule has 5 nitrogen and oxygen atoms in total. The highest BCUT2D eigenvalue weighted by atomic mass is 32.1. The molecule has 0 radical (unpaired) electrons. The molecule has 0 atom stereocenters. The lowest BCUT2D eigenvalue weighted by atomic mass is 10.0. The van der Waals surface area contributed by atoms with Crippen molar-refractivity contribution in [3.8, 4) is 0 Å². The first-order chi connectivity index (χ1) is 11.2. The van der Waals surface area contributed by atoms with Crippen LogP contribution in [0.5, 0.6) is 0 Å². The number of carbonyl (C=O) groups excluding carboxylic acids is 1. The Balaban J connectivity index is 1.58. The Kier molecular flexibility index (Phi) is 7.39. The van der Waals surface area contributed by atoms with Crippen LogP contribution in [0.2, 0.25) is 0 Å². The normalized spacial score (nSPS) is 15.7. The fraction of sp³-hybridized carbons (Fsp3) is 0.647. The molecule has 0 saturated heterocycles. The standard InChI is InChI=1S/C17H28N4OS/c1-13-7-10-23-15(13)12-21-17(18-2)20-9-8-19-16(22)11-14-5-3-4-6-14/h7,10,14H,3-6,8-9,11-12H2,1-2H3,(H,19,22)(H2,18,20,21). The fourth-order valence-corrected chi connectivity index (χ4v) is 3.75. The summed E-state index contributed by atoms with van der Waals surface area (Å²) in [5.74, 6) is 1.55. The average Bonchev–Trinajstić information content (AvgIpc) is 3.18. The largest absolute Gasteiger partial charge is 0.355 e. The molecule has 1 aliphatic rings. The Morgan fingerprint density at radius 2 is 2.00 bits per heavy atom. The molecule has 1 amide bonds. The first-order valence-corrected chi connectivity index (χ1v) is 9.31. The van der Waals surface area contributed by atoms with Crippen molar-refractivity contribution in [3.05, 3.63) is 21.9 Å². The predicted molar refractivity (Wildman–Crippen MR) is 96.8 cm³/mol. The monoisotopic (exact) mass is 336 g/mol. The first-order valence-electron chi connectivity index (χ1n) is 8.43. The van der Waals surface area contributed by atoms with Crippen molar-refractivity contribution < 1.29 is 4.79 Å². The number of hydrogen-bond donors (Lipinski definition) is 3. The summed E-state index contributed by atoms with van der Waals surface area (Å²) in [6.07, 6.45) is 5.68. The molecule has 6 heteroatoms. The maximum absolute atomic E-state index is 11.8. The zero-order valence-corrected chi connectivity index (χ0v) is 15.0. The van der Waals surface area contributed by atoms with E-state index in [0.29, 0.717) is 25.4 Å². The van der Waals surface area contributed by atoms with Gasteiger partial charge in [-0.25, -0.2) is 0 Å². The van der Waals surface area contributed by atoms with Crippen LogP contribution in [0.3, 0.4) is 0 Å². The van der Waals surface area contributed by atoms with Crippen LogP contribution < -0.4 is 16.0 Å². The number of aliphatic imine (C=N–C) groups is 1. The molecular weight excluding hydrogens is 308 g/mol. The van der Waals surface area contributed by atoms with Crippen molar-refractivity contribution in [1.29, 1.82) is 0 Å². The SMILES string of the molecule is CN=C(NCCNC(=O)CC1CCCC1)NCc1sccc1C. The van der Waals surface area contributed by atoms with Crippen LogP contribution in [0, 0.1) is 12.8 Å². The van der Waals surface area contributed by atoms with Gasteiger partial charge in [0.1, 0.15) is 0 Å². The molecule has 0 aromatic carbocycles. The lowest BCUT2D eigenvalue weighted by Crippen LogP contribution is -2.41. The summed E-state index contributed by atoms with van der Waals surface area (Å²) < 4.78 is 0. The average molecular weight is 337 g/mol. The fourth-order valence-electron chi connectivity index (χ4n) is 2.90. The van der Waals surface area contributed by atoms with Crippen LogP contribution in [-0.4, -0.2) is 32.0 Å². The molecule has 0 spiro atoms. The van der Waals surface area contributed by atoms with Gasteiger partial charge in [-0.2, -0.15) is 0 Å². The number of rotatable bonds is 7. The van der Waals surface area contributed by atoms with Gasteiger partial charge >= 0.3 is 0 Å². The highest BCUT2D eigenvalue weighted by Gasteiger charge is 2.17. The summed E-state index contributed by atoms with van der Waals surface area (Å²) in [6, 6.07) is 2.12. The van der Waals surface area contributed by atoms with E-state index in [-0.39, 0.29) is 5.91 Å². The van der Waals surface area contributed by atoms with Crippen LogP contribution in [-0.2, 0) is 11.3 Å². The third-order valence-electron chi connectivity index (χ3n) is 4.30. The molecular formula is C17H28N4OS. The number of aryl methyl sites for hydroxylation is 1. The summed E-state index contributed by atoms with van der Waals surface area (Å²) in [5.41, 5.74) is 1.30. The Morgan fingerprint density at radius 3 is 2.65 bits per heavy atom. The van der Waals surface area contributed by atoms with Gasteiger partial charge in [-0.1, -0.05) is 12.8 Å². The number of carbonyl (C=O) groups is 1. The molecule has 23 heavy (non-hydrogen) atoms. The molecule has 1 saturated carbocycles. The second kappa shape index (κ2) is 9.55. The number of nitrogens with zero attached hydrogens (tertiary/aromatic N) is 1. The van der Waals surface area contributed by atoms with E-state index >= 15 is 0 Å². The van der Waals surface area contributed by atoms with E-state index in [1.54, 1.807) is 18.4 Å². The van der Waals surface area contributed by atoms with Crippen molar-refractivity contribution in [3.63, 3.8) is 0 Å². The minimum absolute atomic E-state index is 0.177. The summed E-state index contributed by atoms with van der Waals surface area (Å²) >= 11 is 1.75. The molecule has 1 aromatic rings. The Morgan fingerprint density at radius 1 is 1.26 bits per heavy atom. The molecule has 0 bridgehead atoms. The second-order valence-corrected chi connectivity index (χ2v) is 7.08. The van der Waals surface area contributed by atoms with Crippen LogP contribution >= 0.6 is 11.3 Å². The van der Waals surface area contributed by atoms with E-state index < -0.39 is 0 Å². The number of thiophene rings is 1. The molecule has 2 rings (SSSR count). The summed E-state index contributed by atoms with van der Waals surface area (Å²) in [5, 5.41) is 11.6. The molecule has 0 aliphatic heterocycles.